The molecule has 6 nitrogen and oxygen atoms in total. The van der Waals surface area contributed by atoms with E-state index >= 15 is 0 Å². The number of aromatic nitrogens is 2. The van der Waals surface area contributed by atoms with E-state index in [2.05, 4.69) is 47.9 Å². The summed E-state index contributed by atoms with van der Waals surface area (Å²) in [5, 5.41) is 3.24. The van der Waals surface area contributed by atoms with Gasteiger partial charge in [0.15, 0.2) is 5.82 Å². The maximum absolute atomic E-state index is 6.03. The summed E-state index contributed by atoms with van der Waals surface area (Å²) in [6.45, 7) is 12.9. The minimum Gasteiger partial charge on any atom is -0.476 e. The van der Waals surface area contributed by atoms with E-state index in [1.54, 1.807) is 0 Å². The zero-order chi connectivity index (χ0) is 15.0. The Morgan fingerprint density at radius 3 is 2.60 bits per heavy atom. The van der Waals surface area contributed by atoms with Gasteiger partial charge in [-0.2, -0.15) is 4.98 Å². The van der Waals surface area contributed by atoms with Gasteiger partial charge >= 0.3 is 0 Å². The van der Waals surface area contributed by atoms with E-state index in [9.17, 15) is 0 Å². The Bertz CT molecular complexity index is 393. The molecular formula is C14H27N5O. The van der Waals surface area contributed by atoms with Crippen molar-refractivity contribution in [3.63, 3.8) is 0 Å². The Labute approximate surface area is 121 Å². The third-order valence-corrected chi connectivity index (χ3v) is 3.02. The van der Waals surface area contributed by atoms with Crippen LogP contribution in [0.2, 0.25) is 0 Å². The van der Waals surface area contributed by atoms with Crippen LogP contribution in [0.3, 0.4) is 0 Å². The molecule has 1 aromatic heterocycles. The first-order valence-electron chi connectivity index (χ1n) is 7.27. The summed E-state index contributed by atoms with van der Waals surface area (Å²) in [6.07, 6.45) is 1.48. The highest BCUT2D eigenvalue weighted by Crippen LogP contribution is 2.24. The molecule has 6 heteroatoms. The van der Waals surface area contributed by atoms with Crippen LogP contribution in [0.1, 0.15) is 27.7 Å². The number of anilines is 2. The van der Waals surface area contributed by atoms with Crippen LogP contribution in [0.4, 0.5) is 11.5 Å². The minimum absolute atomic E-state index is 0.434. The highest BCUT2D eigenvalue weighted by Gasteiger charge is 2.10. The fraction of sp³-hybridized carbons (Fsp3) is 0.714. The van der Waals surface area contributed by atoms with Crippen molar-refractivity contribution in [1.29, 1.82) is 0 Å². The molecule has 1 rings (SSSR count). The molecule has 0 fully saturated rings. The molecule has 3 N–H and O–H groups in total. The van der Waals surface area contributed by atoms with Gasteiger partial charge in [0.05, 0.1) is 6.61 Å². The molecule has 114 valence electrons. The molecule has 1 heterocycles. The van der Waals surface area contributed by atoms with Crippen molar-refractivity contribution in [3.8, 4) is 5.88 Å². The van der Waals surface area contributed by atoms with E-state index in [1.165, 1.54) is 6.33 Å². The fourth-order valence-corrected chi connectivity index (χ4v) is 1.75. The first-order chi connectivity index (χ1) is 9.58. The summed E-state index contributed by atoms with van der Waals surface area (Å²) in [5.41, 5.74) is 6.50. The van der Waals surface area contributed by atoms with Gasteiger partial charge in [0.25, 0.3) is 0 Å². The lowest BCUT2D eigenvalue weighted by atomic mass is 10.2. The van der Waals surface area contributed by atoms with E-state index in [4.69, 9.17) is 10.5 Å². The van der Waals surface area contributed by atoms with Crippen molar-refractivity contribution in [1.82, 2.24) is 14.9 Å². The molecule has 0 saturated heterocycles. The number of hydrogen-bond acceptors (Lipinski definition) is 6. The lowest BCUT2D eigenvalue weighted by molar-refractivity contribution is 0.262. The van der Waals surface area contributed by atoms with Crippen LogP contribution >= 0.6 is 0 Å². The van der Waals surface area contributed by atoms with E-state index in [-0.39, 0.29) is 0 Å². The quantitative estimate of drug-likeness (QED) is 0.719. The smallest absolute Gasteiger partial charge is 0.242 e. The fourth-order valence-electron chi connectivity index (χ4n) is 1.75. The summed E-state index contributed by atoms with van der Waals surface area (Å²) in [5.74, 6) is 1.54. The lowest BCUT2D eigenvalue weighted by Gasteiger charge is -2.19. The predicted octanol–water partition coefficient (Wildman–Crippen LogP) is 1.85. The highest BCUT2D eigenvalue weighted by molar-refractivity contribution is 5.66. The molecule has 0 aliphatic heterocycles. The van der Waals surface area contributed by atoms with Gasteiger partial charge in [0, 0.05) is 13.1 Å². The summed E-state index contributed by atoms with van der Waals surface area (Å²) >= 11 is 0. The van der Waals surface area contributed by atoms with Crippen LogP contribution in [0.5, 0.6) is 5.88 Å². The van der Waals surface area contributed by atoms with Crippen molar-refractivity contribution < 1.29 is 4.74 Å². The summed E-state index contributed by atoms with van der Waals surface area (Å²) in [6, 6.07) is 0. The zero-order valence-corrected chi connectivity index (χ0v) is 13.0. The molecule has 0 unspecified atom stereocenters. The molecule has 20 heavy (non-hydrogen) atoms. The molecule has 0 spiro atoms. The van der Waals surface area contributed by atoms with E-state index < -0.39 is 0 Å². The summed E-state index contributed by atoms with van der Waals surface area (Å²) < 4.78 is 5.58. The number of nitrogens with one attached hydrogen (secondary N) is 1. The number of rotatable bonds is 9. The maximum Gasteiger partial charge on any atom is 0.242 e. The number of nitrogen functional groups attached to an aromatic ring is 1. The van der Waals surface area contributed by atoms with Crippen LogP contribution < -0.4 is 15.8 Å². The van der Waals surface area contributed by atoms with Gasteiger partial charge in [-0.1, -0.05) is 27.7 Å². The molecule has 0 amide bonds. The van der Waals surface area contributed by atoms with Crippen molar-refractivity contribution in [2.24, 2.45) is 5.92 Å². The van der Waals surface area contributed by atoms with E-state index in [0.717, 1.165) is 26.2 Å². The molecule has 0 bridgehead atoms. The molecule has 0 aliphatic rings. The molecule has 1 aromatic rings. The Morgan fingerprint density at radius 1 is 1.30 bits per heavy atom. The SMILES string of the molecule is CCN(CC)CCNc1ncnc(OCC(C)C)c1N. The standard InChI is InChI=1S/C14H27N5O/c1-5-19(6-2)8-7-16-13-12(15)14(18-10-17-13)20-9-11(3)4/h10-11H,5-9,15H2,1-4H3,(H,16,17,18). The average Bonchev–Trinajstić information content (AvgIpc) is 2.44. The van der Waals surface area contributed by atoms with Crippen LogP contribution in [0, 0.1) is 5.92 Å². The Kier molecular flexibility index (Phi) is 7.08. The van der Waals surface area contributed by atoms with Crippen LogP contribution in [-0.2, 0) is 0 Å². The van der Waals surface area contributed by atoms with Crippen molar-refractivity contribution in [2.75, 3.05) is 43.8 Å². The minimum atomic E-state index is 0.434. The third kappa shape index (κ3) is 5.21. The monoisotopic (exact) mass is 281 g/mol. The van der Waals surface area contributed by atoms with Gasteiger partial charge in [-0.05, 0) is 19.0 Å². The number of nitrogens with two attached hydrogens (primary N) is 1. The normalized spacial score (nSPS) is 11.1. The number of ether oxygens (including phenoxy) is 1. The number of likely N-dealkylation sites (N-methyl/N-ethyl adjacent to an activating group) is 1. The molecular weight excluding hydrogens is 254 g/mol. The largest absolute Gasteiger partial charge is 0.476 e. The molecule has 0 atom stereocenters. The molecule has 0 saturated carbocycles. The average molecular weight is 281 g/mol. The van der Waals surface area contributed by atoms with Crippen molar-refractivity contribution in [3.05, 3.63) is 6.33 Å². The Morgan fingerprint density at radius 2 is 2.00 bits per heavy atom. The first-order valence-corrected chi connectivity index (χ1v) is 7.27. The second kappa shape index (κ2) is 8.58. The topological polar surface area (TPSA) is 76.3 Å². The zero-order valence-electron chi connectivity index (χ0n) is 13.0. The van der Waals surface area contributed by atoms with Gasteiger partial charge in [-0.3, -0.25) is 0 Å². The second-order valence-corrected chi connectivity index (χ2v) is 5.10. The van der Waals surface area contributed by atoms with Gasteiger partial charge in [0.1, 0.15) is 12.0 Å². The van der Waals surface area contributed by atoms with Crippen LogP contribution in [-0.4, -0.2) is 47.7 Å². The summed E-state index contributed by atoms with van der Waals surface area (Å²) in [7, 11) is 0. The maximum atomic E-state index is 6.03. The van der Waals surface area contributed by atoms with Crippen molar-refractivity contribution >= 4 is 11.5 Å². The van der Waals surface area contributed by atoms with Gasteiger partial charge in [0.2, 0.25) is 5.88 Å². The predicted molar refractivity (Wildman–Crippen MR) is 83.1 cm³/mol. The van der Waals surface area contributed by atoms with E-state index in [0.29, 0.717) is 29.9 Å². The third-order valence-electron chi connectivity index (χ3n) is 3.02. The van der Waals surface area contributed by atoms with Gasteiger partial charge in [-0.15, -0.1) is 0 Å². The van der Waals surface area contributed by atoms with Crippen LogP contribution in [0.15, 0.2) is 6.33 Å². The second-order valence-electron chi connectivity index (χ2n) is 5.10. The first kappa shape index (κ1) is 16.5. The molecule has 0 radical (unpaired) electrons. The van der Waals surface area contributed by atoms with Gasteiger partial charge < -0.3 is 20.7 Å². The molecule has 0 aliphatic carbocycles. The Hall–Kier alpha value is -1.56. The number of nitrogens with zero attached hydrogens (tertiary/aromatic N) is 3. The van der Waals surface area contributed by atoms with Crippen LogP contribution in [0.25, 0.3) is 0 Å². The number of hydrogen-bond donors (Lipinski definition) is 2. The van der Waals surface area contributed by atoms with Crippen molar-refractivity contribution in [2.45, 2.75) is 27.7 Å². The lowest BCUT2D eigenvalue weighted by Crippen LogP contribution is -2.29. The highest BCUT2D eigenvalue weighted by atomic mass is 16.5. The van der Waals surface area contributed by atoms with Gasteiger partial charge in [-0.25, -0.2) is 4.98 Å². The summed E-state index contributed by atoms with van der Waals surface area (Å²) in [4.78, 5) is 10.6. The molecule has 0 aromatic carbocycles. The van der Waals surface area contributed by atoms with E-state index in [1.807, 2.05) is 0 Å². The Balaban J connectivity index is 2.55.